The van der Waals surface area contributed by atoms with E-state index in [0.29, 0.717) is 24.4 Å². The van der Waals surface area contributed by atoms with Crippen molar-refractivity contribution in [1.29, 1.82) is 0 Å². The van der Waals surface area contributed by atoms with E-state index in [-0.39, 0.29) is 11.7 Å². The Morgan fingerprint density at radius 3 is 2.30 bits per heavy atom. The number of alkyl carbamates (subject to hydrolysis) is 1. The maximum Gasteiger partial charge on any atom is 0.408 e. The fourth-order valence-corrected chi connectivity index (χ4v) is 3.94. The molecule has 4 N–H and O–H groups in total. The Kier molecular flexibility index (Phi) is 13.4. The number of nitrogens with one attached hydrogen (secondary N) is 2. The molecule has 0 saturated carbocycles. The molecule has 37 heavy (non-hydrogen) atoms. The number of benzene rings is 1. The van der Waals surface area contributed by atoms with Crippen LogP contribution >= 0.6 is 0 Å². The first-order valence-corrected chi connectivity index (χ1v) is 13.3. The summed E-state index contributed by atoms with van der Waals surface area (Å²) in [6.07, 6.45) is 3.32. The van der Waals surface area contributed by atoms with Crippen LogP contribution in [0.25, 0.3) is 0 Å². The first kappa shape index (κ1) is 32.2. The number of aromatic hydroxyl groups is 1. The molecule has 9 nitrogen and oxygen atoms in total. The van der Waals surface area contributed by atoms with Crippen LogP contribution in [0.1, 0.15) is 92.2 Å². The van der Waals surface area contributed by atoms with E-state index in [2.05, 4.69) is 31.4 Å². The van der Waals surface area contributed by atoms with Crippen molar-refractivity contribution >= 4 is 17.9 Å². The number of phenols is 1. The third kappa shape index (κ3) is 11.4. The Balaban J connectivity index is 3.45. The Morgan fingerprint density at radius 1 is 1.08 bits per heavy atom. The molecule has 0 aliphatic rings. The zero-order chi connectivity index (χ0) is 28.2. The second kappa shape index (κ2) is 15.4. The fraction of sp³-hybridized carbons (Fsp3) is 0.679. The molecule has 3 amide bonds. The standard InChI is InChI=1S/C28H47N3O6/c1-8-9-10-16-29-25(34)24(21-12-11-13-22(33)17-21)31(20(4)15-14-19(2)3)26(35)23(18-32)30-27(36)37-28(5,6)7/h11-13,17,19-20,23-24,32-33H,8-10,14-16,18H2,1-7H3,(H,29,34)(H,30,36). The van der Waals surface area contributed by atoms with Crippen LogP contribution in [0.3, 0.4) is 0 Å². The number of hydrogen-bond donors (Lipinski definition) is 4. The number of unbranched alkanes of at least 4 members (excludes halogenated alkanes) is 2. The number of aliphatic hydroxyl groups excluding tert-OH is 1. The summed E-state index contributed by atoms with van der Waals surface area (Å²) in [4.78, 5) is 41.3. The van der Waals surface area contributed by atoms with Gasteiger partial charge < -0.3 is 30.5 Å². The summed E-state index contributed by atoms with van der Waals surface area (Å²) in [5.41, 5.74) is -0.355. The van der Waals surface area contributed by atoms with Gasteiger partial charge in [-0.15, -0.1) is 0 Å². The van der Waals surface area contributed by atoms with Crippen LogP contribution in [0.15, 0.2) is 24.3 Å². The largest absolute Gasteiger partial charge is 0.508 e. The molecule has 0 saturated heterocycles. The molecule has 0 aliphatic carbocycles. The summed E-state index contributed by atoms with van der Waals surface area (Å²) in [6, 6.07) is 3.46. The topological polar surface area (TPSA) is 128 Å². The number of nitrogens with zero attached hydrogens (tertiary/aromatic N) is 1. The maximum absolute atomic E-state index is 13.9. The van der Waals surface area contributed by atoms with Crippen LogP contribution in [-0.2, 0) is 14.3 Å². The molecule has 3 unspecified atom stereocenters. The highest BCUT2D eigenvalue weighted by Gasteiger charge is 2.38. The minimum atomic E-state index is -1.32. The van der Waals surface area contributed by atoms with Crippen molar-refractivity contribution in [3.05, 3.63) is 29.8 Å². The van der Waals surface area contributed by atoms with Crippen molar-refractivity contribution in [1.82, 2.24) is 15.5 Å². The van der Waals surface area contributed by atoms with E-state index < -0.39 is 42.3 Å². The summed E-state index contributed by atoms with van der Waals surface area (Å²) < 4.78 is 5.28. The molecule has 1 aromatic rings. The average molecular weight is 522 g/mol. The van der Waals surface area contributed by atoms with Gasteiger partial charge in [-0.25, -0.2) is 4.79 Å². The van der Waals surface area contributed by atoms with Gasteiger partial charge in [-0.2, -0.15) is 0 Å². The quantitative estimate of drug-likeness (QED) is 0.271. The minimum Gasteiger partial charge on any atom is -0.508 e. The second-order valence-corrected chi connectivity index (χ2v) is 10.9. The molecule has 0 heterocycles. The summed E-state index contributed by atoms with van der Waals surface area (Å²) >= 11 is 0. The molecule has 3 atom stereocenters. The maximum atomic E-state index is 13.9. The van der Waals surface area contributed by atoms with E-state index in [1.165, 1.54) is 17.0 Å². The Hall–Kier alpha value is -2.81. The van der Waals surface area contributed by atoms with Gasteiger partial charge in [-0.05, 0) is 70.6 Å². The van der Waals surface area contributed by atoms with Gasteiger partial charge in [-0.3, -0.25) is 9.59 Å². The smallest absolute Gasteiger partial charge is 0.408 e. The average Bonchev–Trinajstić information content (AvgIpc) is 2.80. The van der Waals surface area contributed by atoms with E-state index in [1.54, 1.807) is 32.9 Å². The van der Waals surface area contributed by atoms with Crippen molar-refractivity contribution in [2.75, 3.05) is 13.2 Å². The number of ether oxygens (including phenoxy) is 1. The monoisotopic (exact) mass is 521 g/mol. The van der Waals surface area contributed by atoms with Crippen LogP contribution in [0, 0.1) is 5.92 Å². The van der Waals surface area contributed by atoms with Crippen LogP contribution in [0.5, 0.6) is 5.75 Å². The molecule has 1 rings (SSSR count). The predicted molar refractivity (Wildman–Crippen MR) is 144 cm³/mol. The molecule has 0 bridgehead atoms. The van der Waals surface area contributed by atoms with Crippen molar-refractivity contribution in [3.8, 4) is 5.75 Å². The third-order valence-electron chi connectivity index (χ3n) is 5.85. The molecule has 0 spiro atoms. The normalized spacial score (nSPS) is 14.0. The van der Waals surface area contributed by atoms with Gasteiger partial charge >= 0.3 is 6.09 Å². The van der Waals surface area contributed by atoms with Crippen molar-refractivity contribution in [2.45, 2.75) is 104 Å². The first-order chi connectivity index (χ1) is 17.3. The number of amides is 3. The molecule has 0 aliphatic heterocycles. The van der Waals surface area contributed by atoms with E-state index >= 15 is 0 Å². The van der Waals surface area contributed by atoms with Crippen LogP contribution in [0.4, 0.5) is 4.79 Å². The molecule has 1 aromatic carbocycles. The van der Waals surface area contributed by atoms with Gasteiger partial charge in [0.2, 0.25) is 11.8 Å². The number of aliphatic hydroxyl groups is 1. The van der Waals surface area contributed by atoms with E-state index in [1.807, 2.05) is 6.92 Å². The van der Waals surface area contributed by atoms with Crippen LogP contribution in [-0.4, -0.2) is 63.9 Å². The van der Waals surface area contributed by atoms with Crippen molar-refractivity contribution in [3.63, 3.8) is 0 Å². The third-order valence-corrected chi connectivity index (χ3v) is 5.85. The van der Waals surface area contributed by atoms with Gasteiger partial charge in [0.15, 0.2) is 0 Å². The lowest BCUT2D eigenvalue weighted by atomic mass is 9.97. The predicted octanol–water partition coefficient (Wildman–Crippen LogP) is 4.28. The number of phenolic OH excluding ortho intramolecular Hbond substituents is 1. The summed E-state index contributed by atoms with van der Waals surface area (Å²) in [6.45, 7) is 12.9. The summed E-state index contributed by atoms with van der Waals surface area (Å²) in [5, 5.41) is 25.6. The number of rotatable bonds is 14. The fourth-order valence-electron chi connectivity index (χ4n) is 3.94. The number of carbonyl (C=O) groups is 3. The zero-order valence-electron chi connectivity index (χ0n) is 23.5. The molecule has 210 valence electrons. The lowest BCUT2D eigenvalue weighted by molar-refractivity contribution is -0.146. The molecule has 0 aromatic heterocycles. The van der Waals surface area contributed by atoms with E-state index in [9.17, 15) is 24.6 Å². The van der Waals surface area contributed by atoms with Crippen LogP contribution < -0.4 is 10.6 Å². The SMILES string of the molecule is CCCCCNC(=O)C(c1cccc(O)c1)N(C(=O)C(CO)NC(=O)OC(C)(C)C)C(C)CCC(C)C. The Labute approximate surface area is 222 Å². The highest BCUT2D eigenvalue weighted by molar-refractivity contribution is 5.92. The summed E-state index contributed by atoms with van der Waals surface area (Å²) in [5.74, 6) is -0.661. The Bertz CT molecular complexity index is 868. The van der Waals surface area contributed by atoms with Gasteiger partial charge in [-0.1, -0.05) is 45.7 Å². The minimum absolute atomic E-state index is 0.0332. The number of carbonyl (C=O) groups excluding carboxylic acids is 3. The van der Waals surface area contributed by atoms with Crippen molar-refractivity contribution in [2.24, 2.45) is 5.92 Å². The van der Waals surface area contributed by atoms with Crippen LogP contribution in [0.2, 0.25) is 0 Å². The highest BCUT2D eigenvalue weighted by Crippen LogP contribution is 2.29. The lowest BCUT2D eigenvalue weighted by Gasteiger charge is -2.38. The second-order valence-electron chi connectivity index (χ2n) is 10.9. The van der Waals surface area contributed by atoms with Gasteiger partial charge in [0.1, 0.15) is 23.4 Å². The van der Waals surface area contributed by atoms with Gasteiger partial charge in [0, 0.05) is 12.6 Å². The molecular formula is C28H47N3O6. The molecule has 9 heteroatoms. The van der Waals surface area contributed by atoms with E-state index in [4.69, 9.17) is 4.74 Å². The molecular weight excluding hydrogens is 474 g/mol. The number of hydrogen-bond acceptors (Lipinski definition) is 6. The van der Waals surface area contributed by atoms with E-state index in [0.717, 1.165) is 25.7 Å². The first-order valence-electron chi connectivity index (χ1n) is 13.3. The Morgan fingerprint density at radius 2 is 1.76 bits per heavy atom. The summed E-state index contributed by atoms with van der Waals surface area (Å²) in [7, 11) is 0. The zero-order valence-corrected chi connectivity index (χ0v) is 23.5. The molecule has 0 radical (unpaired) electrons. The van der Waals surface area contributed by atoms with Crippen molar-refractivity contribution < 1.29 is 29.3 Å². The van der Waals surface area contributed by atoms with Gasteiger partial charge in [0.25, 0.3) is 0 Å². The lowest BCUT2D eigenvalue weighted by Crippen LogP contribution is -2.56. The van der Waals surface area contributed by atoms with Gasteiger partial charge in [0.05, 0.1) is 6.61 Å². The highest BCUT2D eigenvalue weighted by atomic mass is 16.6. The molecule has 0 fully saturated rings.